The van der Waals surface area contributed by atoms with Crippen molar-refractivity contribution in [3.63, 3.8) is 0 Å². The molecule has 8 heteroatoms. The summed E-state index contributed by atoms with van der Waals surface area (Å²) >= 11 is 0. The van der Waals surface area contributed by atoms with Crippen molar-refractivity contribution in [2.75, 3.05) is 13.1 Å². The Hall–Kier alpha value is -1.47. The molecule has 2 amide bonds. The Morgan fingerprint density at radius 3 is 2.63 bits per heavy atom. The predicted octanol–water partition coefficient (Wildman–Crippen LogP) is 1.98. The van der Waals surface area contributed by atoms with E-state index in [1.807, 2.05) is 0 Å². The van der Waals surface area contributed by atoms with E-state index in [9.17, 15) is 22.8 Å². The van der Waals surface area contributed by atoms with Crippen LogP contribution in [0.1, 0.15) is 32.1 Å². The third-order valence-electron chi connectivity index (χ3n) is 2.96. The van der Waals surface area contributed by atoms with Crippen LogP contribution in [-0.4, -0.2) is 47.3 Å². The Morgan fingerprint density at radius 2 is 2.05 bits per heavy atom. The fourth-order valence-corrected chi connectivity index (χ4v) is 2.10. The third kappa shape index (κ3) is 5.80. The molecular formula is C11H17F3N2O3. The van der Waals surface area contributed by atoms with Crippen LogP contribution >= 0.6 is 0 Å². The van der Waals surface area contributed by atoms with E-state index in [0.29, 0.717) is 19.4 Å². The van der Waals surface area contributed by atoms with E-state index in [0.717, 1.165) is 0 Å². The minimum atomic E-state index is -4.22. The number of carbonyl (C=O) groups excluding carboxylic acids is 1. The van der Waals surface area contributed by atoms with Gasteiger partial charge in [0, 0.05) is 25.6 Å². The van der Waals surface area contributed by atoms with Gasteiger partial charge in [-0.15, -0.1) is 0 Å². The molecule has 1 unspecified atom stereocenters. The van der Waals surface area contributed by atoms with Crippen molar-refractivity contribution >= 4 is 12.0 Å². The van der Waals surface area contributed by atoms with Crippen molar-refractivity contribution in [3.05, 3.63) is 0 Å². The molecule has 1 heterocycles. The minimum Gasteiger partial charge on any atom is -0.481 e. The number of carbonyl (C=O) groups is 2. The second-order valence-corrected chi connectivity index (χ2v) is 4.54. The van der Waals surface area contributed by atoms with Gasteiger partial charge in [-0.2, -0.15) is 13.2 Å². The first-order valence-corrected chi connectivity index (χ1v) is 6.12. The number of likely N-dealkylation sites (tertiary alicyclic amines) is 1. The van der Waals surface area contributed by atoms with Crippen LogP contribution in [0.3, 0.4) is 0 Å². The average Bonchev–Trinajstić information content (AvgIpc) is 2.70. The maximum Gasteiger partial charge on any atom is 0.389 e. The minimum absolute atomic E-state index is 0.0609. The summed E-state index contributed by atoms with van der Waals surface area (Å²) in [6, 6.07) is -0.842. The van der Waals surface area contributed by atoms with Gasteiger partial charge in [-0.05, 0) is 19.3 Å². The maximum atomic E-state index is 11.9. The first-order chi connectivity index (χ1) is 8.79. The van der Waals surface area contributed by atoms with E-state index in [1.54, 1.807) is 0 Å². The predicted molar refractivity (Wildman–Crippen MR) is 60.7 cm³/mol. The van der Waals surface area contributed by atoms with Gasteiger partial charge < -0.3 is 15.3 Å². The standard InChI is InChI=1S/C11H17F3N2O3/c12-11(13,14)4-2-5-15-10(19)16-6-1-3-8(16)7-9(17)18/h8H,1-7H2,(H,15,19)(H,17,18). The molecule has 1 aliphatic heterocycles. The van der Waals surface area contributed by atoms with E-state index in [1.165, 1.54) is 4.90 Å². The van der Waals surface area contributed by atoms with Crippen LogP contribution in [0.2, 0.25) is 0 Å². The van der Waals surface area contributed by atoms with Gasteiger partial charge in [-0.3, -0.25) is 4.79 Å². The highest BCUT2D eigenvalue weighted by Gasteiger charge is 2.30. The molecule has 1 atom stereocenters. The van der Waals surface area contributed by atoms with Crippen molar-refractivity contribution in [1.82, 2.24) is 10.2 Å². The van der Waals surface area contributed by atoms with Crippen LogP contribution in [0.15, 0.2) is 0 Å². The van der Waals surface area contributed by atoms with Crippen molar-refractivity contribution in [1.29, 1.82) is 0 Å². The molecule has 2 N–H and O–H groups in total. The second-order valence-electron chi connectivity index (χ2n) is 4.54. The number of hydrogen-bond donors (Lipinski definition) is 2. The molecule has 0 spiro atoms. The van der Waals surface area contributed by atoms with E-state index < -0.39 is 24.6 Å². The van der Waals surface area contributed by atoms with Crippen molar-refractivity contribution < 1.29 is 27.9 Å². The molecule has 5 nitrogen and oxygen atoms in total. The molecule has 1 saturated heterocycles. The van der Waals surface area contributed by atoms with Crippen LogP contribution in [0, 0.1) is 0 Å². The lowest BCUT2D eigenvalue weighted by Crippen LogP contribution is -2.43. The highest BCUT2D eigenvalue weighted by molar-refractivity contribution is 5.76. The van der Waals surface area contributed by atoms with Crippen LogP contribution in [0.25, 0.3) is 0 Å². The van der Waals surface area contributed by atoms with Gasteiger partial charge in [0.05, 0.1) is 6.42 Å². The Balaban J connectivity index is 2.30. The summed E-state index contributed by atoms with van der Waals surface area (Å²) in [6.07, 6.45) is -4.13. The summed E-state index contributed by atoms with van der Waals surface area (Å²) < 4.78 is 35.7. The number of carboxylic acid groups (broad SMARTS) is 1. The molecule has 0 radical (unpaired) electrons. The number of nitrogens with one attached hydrogen (secondary N) is 1. The Kier molecular flexibility index (Phi) is 5.44. The first-order valence-electron chi connectivity index (χ1n) is 6.12. The summed E-state index contributed by atoms with van der Waals surface area (Å²) in [5.74, 6) is -0.984. The van der Waals surface area contributed by atoms with Gasteiger partial charge in [0.15, 0.2) is 0 Å². The van der Waals surface area contributed by atoms with E-state index in [-0.39, 0.29) is 25.4 Å². The quantitative estimate of drug-likeness (QED) is 0.757. The lowest BCUT2D eigenvalue weighted by atomic mass is 10.1. The van der Waals surface area contributed by atoms with E-state index >= 15 is 0 Å². The lowest BCUT2D eigenvalue weighted by Gasteiger charge is -2.23. The fourth-order valence-electron chi connectivity index (χ4n) is 2.10. The molecule has 1 aliphatic rings. The first kappa shape index (κ1) is 15.6. The Bertz CT molecular complexity index is 334. The number of aliphatic carboxylic acids is 1. The summed E-state index contributed by atoms with van der Waals surface area (Å²) in [5, 5.41) is 11.1. The maximum absolute atomic E-state index is 11.9. The Labute approximate surface area is 108 Å². The molecule has 19 heavy (non-hydrogen) atoms. The molecule has 0 aromatic carbocycles. The number of urea groups is 1. The normalized spacial score (nSPS) is 19.5. The molecule has 0 bridgehead atoms. The van der Waals surface area contributed by atoms with E-state index in [4.69, 9.17) is 5.11 Å². The van der Waals surface area contributed by atoms with Gasteiger partial charge >= 0.3 is 18.2 Å². The van der Waals surface area contributed by atoms with E-state index in [2.05, 4.69) is 5.32 Å². The molecule has 0 aliphatic carbocycles. The molecule has 0 saturated carbocycles. The highest BCUT2D eigenvalue weighted by Crippen LogP contribution is 2.21. The highest BCUT2D eigenvalue weighted by atomic mass is 19.4. The molecule has 1 fully saturated rings. The summed E-state index contributed by atoms with van der Waals surface area (Å²) in [7, 11) is 0. The molecular weight excluding hydrogens is 265 g/mol. The number of amides is 2. The van der Waals surface area contributed by atoms with Crippen molar-refractivity contribution in [3.8, 4) is 0 Å². The number of carboxylic acids is 1. The number of hydrogen-bond acceptors (Lipinski definition) is 2. The summed E-state index contributed by atoms with van der Waals surface area (Å²) in [4.78, 5) is 23.7. The molecule has 1 rings (SSSR count). The zero-order valence-corrected chi connectivity index (χ0v) is 10.4. The van der Waals surface area contributed by atoms with Gasteiger partial charge in [-0.1, -0.05) is 0 Å². The Morgan fingerprint density at radius 1 is 1.37 bits per heavy atom. The zero-order valence-electron chi connectivity index (χ0n) is 10.4. The second kappa shape index (κ2) is 6.63. The zero-order chi connectivity index (χ0) is 14.5. The largest absolute Gasteiger partial charge is 0.481 e. The SMILES string of the molecule is O=C(O)CC1CCCN1C(=O)NCCCC(F)(F)F. The topological polar surface area (TPSA) is 69.6 Å². The number of nitrogens with zero attached hydrogens (tertiary/aromatic N) is 1. The van der Waals surface area contributed by atoms with Gasteiger partial charge in [0.2, 0.25) is 0 Å². The monoisotopic (exact) mass is 282 g/mol. The number of halogens is 3. The fraction of sp³-hybridized carbons (Fsp3) is 0.818. The van der Waals surface area contributed by atoms with Crippen LogP contribution < -0.4 is 5.32 Å². The van der Waals surface area contributed by atoms with Crippen LogP contribution in [0.4, 0.5) is 18.0 Å². The summed E-state index contributed by atoms with van der Waals surface area (Å²) in [5.41, 5.74) is 0. The lowest BCUT2D eigenvalue weighted by molar-refractivity contribution is -0.138. The number of rotatable bonds is 5. The van der Waals surface area contributed by atoms with Gasteiger partial charge in [0.25, 0.3) is 0 Å². The van der Waals surface area contributed by atoms with Crippen LogP contribution in [-0.2, 0) is 4.79 Å². The third-order valence-corrected chi connectivity index (χ3v) is 2.96. The average molecular weight is 282 g/mol. The molecule has 0 aromatic heterocycles. The molecule has 0 aromatic rings. The van der Waals surface area contributed by atoms with Crippen LogP contribution in [0.5, 0.6) is 0 Å². The van der Waals surface area contributed by atoms with Gasteiger partial charge in [-0.25, -0.2) is 4.79 Å². The van der Waals surface area contributed by atoms with Crippen molar-refractivity contribution in [2.45, 2.75) is 44.3 Å². The van der Waals surface area contributed by atoms with Crippen molar-refractivity contribution in [2.24, 2.45) is 0 Å². The van der Waals surface area contributed by atoms with Gasteiger partial charge in [0.1, 0.15) is 0 Å². The summed E-state index contributed by atoms with van der Waals surface area (Å²) in [6.45, 7) is 0.387. The molecule has 110 valence electrons. The number of alkyl halides is 3. The smallest absolute Gasteiger partial charge is 0.389 e.